The Balaban J connectivity index is 1.46. The van der Waals surface area contributed by atoms with Gasteiger partial charge in [-0.1, -0.05) is 36.4 Å². The SMILES string of the molecule is NC(=O)C1CC(c2nc(-c3ccc4ccc(C5=CCCC=C5)nc4c3)c3c(N)nccn23)C1. The van der Waals surface area contributed by atoms with Crippen LogP contribution in [0.2, 0.25) is 0 Å². The summed E-state index contributed by atoms with van der Waals surface area (Å²) in [6.07, 6.45) is 13.7. The number of nitrogens with two attached hydrogens (primary N) is 2. The molecule has 6 rings (SSSR count). The number of nitrogens with zero attached hydrogens (tertiary/aromatic N) is 4. The van der Waals surface area contributed by atoms with E-state index >= 15 is 0 Å². The minimum atomic E-state index is -0.243. The lowest BCUT2D eigenvalue weighted by Gasteiger charge is -2.31. The molecule has 4 N–H and O–H groups in total. The van der Waals surface area contributed by atoms with Crippen LogP contribution in [0.5, 0.6) is 0 Å². The fourth-order valence-corrected chi connectivity index (χ4v) is 4.87. The van der Waals surface area contributed by atoms with Gasteiger partial charge in [0, 0.05) is 35.2 Å². The second kappa shape index (κ2) is 7.55. The number of allylic oxidation sites excluding steroid dienone is 4. The Hall–Kier alpha value is -4.00. The van der Waals surface area contributed by atoms with Crippen molar-refractivity contribution in [2.45, 2.75) is 31.6 Å². The van der Waals surface area contributed by atoms with Crippen LogP contribution in [0.1, 0.15) is 43.1 Å². The zero-order chi connectivity index (χ0) is 22.5. The van der Waals surface area contributed by atoms with Crippen LogP contribution in [-0.4, -0.2) is 25.3 Å². The highest BCUT2D eigenvalue weighted by Crippen LogP contribution is 2.43. The third kappa shape index (κ3) is 3.28. The van der Waals surface area contributed by atoms with Crippen molar-refractivity contribution in [2.75, 3.05) is 5.73 Å². The van der Waals surface area contributed by atoms with E-state index in [1.165, 1.54) is 0 Å². The van der Waals surface area contributed by atoms with Crippen molar-refractivity contribution in [1.82, 2.24) is 19.4 Å². The van der Waals surface area contributed by atoms with Crippen LogP contribution in [-0.2, 0) is 4.79 Å². The average molecular weight is 437 g/mol. The number of amides is 1. The molecule has 7 heteroatoms. The van der Waals surface area contributed by atoms with Crippen molar-refractivity contribution >= 4 is 33.7 Å². The van der Waals surface area contributed by atoms with Crippen LogP contribution in [0, 0.1) is 5.92 Å². The Morgan fingerprint density at radius 1 is 1.09 bits per heavy atom. The molecule has 0 bridgehead atoms. The lowest BCUT2D eigenvalue weighted by molar-refractivity contribution is -0.124. The van der Waals surface area contributed by atoms with E-state index in [9.17, 15) is 4.79 Å². The zero-order valence-corrected chi connectivity index (χ0v) is 18.1. The predicted molar refractivity (Wildman–Crippen MR) is 129 cm³/mol. The first-order chi connectivity index (χ1) is 16.1. The normalized spacial score (nSPS) is 20.1. The molecule has 0 aliphatic heterocycles. The van der Waals surface area contributed by atoms with Crippen LogP contribution in [0.3, 0.4) is 0 Å². The van der Waals surface area contributed by atoms with E-state index in [1.54, 1.807) is 6.20 Å². The van der Waals surface area contributed by atoms with Gasteiger partial charge in [-0.15, -0.1) is 0 Å². The number of primary amides is 1. The van der Waals surface area contributed by atoms with Crippen molar-refractivity contribution in [3.8, 4) is 11.3 Å². The van der Waals surface area contributed by atoms with Crippen molar-refractivity contribution in [3.05, 3.63) is 72.5 Å². The number of carbonyl (C=O) groups excluding carboxylic acids is 1. The van der Waals surface area contributed by atoms with Crippen LogP contribution in [0.4, 0.5) is 5.82 Å². The van der Waals surface area contributed by atoms with Gasteiger partial charge in [-0.25, -0.2) is 15.0 Å². The highest BCUT2D eigenvalue weighted by Gasteiger charge is 2.37. The molecule has 1 aromatic carbocycles. The van der Waals surface area contributed by atoms with Gasteiger partial charge in [0.05, 0.1) is 11.2 Å². The minimum absolute atomic E-state index is 0.0867. The lowest BCUT2D eigenvalue weighted by atomic mass is 9.74. The van der Waals surface area contributed by atoms with Gasteiger partial charge in [0.15, 0.2) is 0 Å². The zero-order valence-electron chi connectivity index (χ0n) is 18.1. The number of nitrogen functional groups attached to an aromatic ring is 1. The maximum Gasteiger partial charge on any atom is 0.220 e. The van der Waals surface area contributed by atoms with Gasteiger partial charge in [0.25, 0.3) is 0 Å². The highest BCUT2D eigenvalue weighted by molar-refractivity contribution is 5.91. The van der Waals surface area contributed by atoms with Gasteiger partial charge in [0.1, 0.15) is 22.9 Å². The number of benzene rings is 1. The van der Waals surface area contributed by atoms with Crippen LogP contribution in [0.25, 0.3) is 33.3 Å². The van der Waals surface area contributed by atoms with Crippen LogP contribution in [0.15, 0.2) is 61.0 Å². The summed E-state index contributed by atoms with van der Waals surface area (Å²) in [4.78, 5) is 25.8. The van der Waals surface area contributed by atoms with E-state index < -0.39 is 0 Å². The van der Waals surface area contributed by atoms with Gasteiger partial charge >= 0.3 is 0 Å². The van der Waals surface area contributed by atoms with E-state index in [2.05, 4.69) is 53.5 Å². The average Bonchev–Trinajstić information content (AvgIpc) is 3.18. The Kier molecular flexibility index (Phi) is 4.50. The molecule has 1 saturated carbocycles. The molecule has 0 radical (unpaired) electrons. The molecule has 7 nitrogen and oxygen atoms in total. The Labute approximate surface area is 190 Å². The first-order valence-electron chi connectivity index (χ1n) is 11.3. The molecule has 1 fully saturated rings. The quantitative estimate of drug-likeness (QED) is 0.497. The third-order valence-electron chi connectivity index (χ3n) is 6.77. The molecule has 33 heavy (non-hydrogen) atoms. The second-order valence-electron chi connectivity index (χ2n) is 8.86. The maximum atomic E-state index is 11.5. The molecule has 2 aliphatic rings. The molecule has 2 aliphatic carbocycles. The Morgan fingerprint density at radius 3 is 2.73 bits per heavy atom. The largest absolute Gasteiger partial charge is 0.382 e. The summed E-state index contributed by atoms with van der Waals surface area (Å²) >= 11 is 0. The second-order valence-corrected chi connectivity index (χ2v) is 8.86. The molecule has 164 valence electrons. The molecule has 0 unspecified atom stereocenters. The number of hydrogen-bond acceptors (Lipinski definition) is 5. The van der Waals surface area contributed by atoms with E-state index in [4.69, 9.17) is 21.4 Å². The van der Waals surface area contributed by atoms with Gasteiger partial charge in [-0.3, -0.25) is 9.20 Å². The first kappa shape index (κ1) is 19.7. The molecule has 3 aromatic heterocycles. The first-order valence-corrected chi connectivity index (χ1v) is 11.3. The maximum absolute atomic E-state index is 11.5. The molecule has 1 amide bonds. The topological polar surface area (TPSA) is 112 Å². The summed E-state index contributed by atoms with van der Waals surface area (Å²) in [6.45, 7) is 0. The molecule has 0 saturated heterocycles. The fraction of sp³-hybridized carbons (Fsp3) is 0.231. The number of aromatic nitrogens is 4. The number of carbonyl (C=O) groups is 1. The van der Waals surface area contributed by atoms with Crippen molar-refractivity contribution in [3.63, 3.8) is 0 Å². The van der Waals surface area contributed by atoms with Gasteiger partial charge in [-0.05, 0) is 43.4 Å². The van der Waals surface area contributed by atoms with E-state index in [-0.39, 0.29) is 17.7 Å². The number of hydrogen-bond donors (Lipinski definition) is 2. The Bertz CT molecular complexity index is 1480. The van der Waals surface area contributed by atoms with Crippen molar-refractivity contribution < 1.29 is 4.79 Å². The number of fused-ring (bicyclic) bond motifs is 2. The molecule has 4 aromatic rings. The number of imidazole rings is 1. The molecule has 3 heterocycles. The van der Waals surface area contributed by atoms with Gasteiger partial charge < -0.3 is 11.5 Å². The smallest absolute Gasteiger partial charge is 0.220 e. The molecule has 0 atom stereocenters. The molecular formula is C26H24N6O. The Morgan fingerprint density at radius 2 is 1.94 bits per heavy atom. The fourth-order valence-electron chi connectivity index (χ4n) is 4.87. The molecular weight excluding hydrogens is 412 g/mol. The van der Waals surface area contributed by atoms with Gasteiger partial charge in [-0.2, -0.15) is 0 Å². The predicted octanol–water partition coefficient (Wildman–Crippen LogP) is 4.24. The van der Waals surface area contributed by atoms with Crippen molar-refractivity contribution in [2.24, 2.45) is 11.7 Å². The van der Waals surface area contributed by atoms with E-state index in [1.807, 2.05) is 10.6 Å². The summed E-state index contributed by atoms with van der Waals surface area (Å²) < 4.78 is 2.01. The number of rotatable bonds is 4. The summed E-state index contributed by atoms with van der Waals surface area (Å²) in [6, 6.07) is 10.4. The van der Waals surface area contributed by atoms with E-state index in [0.29, 0.717) is 18.7 Å². The standard InChI is InChI=1S/C26H24N6O/c27-24-23-22(31-26(32(23)11-10-29-24)19-12-18(13-19)25(28)33)17-7-6-16-8-9-20(30-21(16)14-17)15-4-2-1-3-5-15/h2,4-11,14,18-19H,1,3,12-13H2,(H2,27,29)(H2,28,33). The summed E-state index contributed by atoms with van der Waals surface area (Å²) in [5.74, 6) is 1.16. The third-order valence-corrected chi connectivity index (χ3v) is 6.77. The number of anilines is 1. The van der Waals surface area contributed by atoms with E-state index in [0.717, 1.165) is 57.6 Å². The molecule has 0 spiro atoms. The summed E-state index contributed by atoms with van der Waals surface area (Å²) in [7, 11) is 0. The van der Waals surface area contributed by atoms with Crippen LogP contribution >= 0.6 is 0 Å². The minimum Gasteiger partial charge on any atom is -0.382 e. The highest BCUT2D eigenvalue weighted by atomic mass is 16.1. The lowest BCUT2D eigenvalue weighted by Crippen LogP contribution is -2.34. The van der Waals surface area contributed by atoms with Gasteiger partial charge in [0.2, 0.25) is 5.91 Å². The number of pyridine rings is 1. The van der Waals surface area contributed by atoms with Crippen molar-refractivity contribution in [1.29, 1.82) is 0 Å². The van der Waals surface area contributed by atoms with Crippen LogP contribution < -0.4 is 11.5 Å². The summed E-state index contributed by atoms with van der Waals surface area (Å²) in [5, 5.41) is 1.07. The summed E-state index contributed by atoms with van der Waals surface area (Å²) in [5.41, 5.74) is 17.3. The monoisotopic (exact) mass is 436 g/mol.